The van der Waals surface area contributed by atoms with Crippen LogP contribution in [0.4, 0.5) is 0 Å². The lowest BCUT2D eigenvalue weighted by molar-refractivity contribution is -0.243. The topological polar surface area (TPSA) is 53.7 Å². The van der Waals surface area contributed by atoms with Gasteiger partial charge in [0.05, 0.1) is 19.8 Å². The molecular formula is C8H15NO3. The number of ether oxygens (including phenoxy) is 3. The molecule has 0 aromatic rings. The van der Waals surface area contributed by atoms with Crippen LogP contribution in [0.3, 0.4) is 0 Å². The van der Waals surface area contributed by atoms with Crippen molar-refractivity contribution >= 4 is 0 Å². The van der Waals surface area contributed by atoms with Gasteiger partial charge in [0.2, 0.25) is 0 Å². The zero-order valence-corrected chi connectivity index (χ0v) is 7.34. The molecule has 4 heteroatoms. The first-order valence-electron chi connectivity index (χ1n) is 4.24. The van der Waals surface area contributed by atoms with Gasteiger partial charge in [0.25, 0.3) is 0 Å². The highest BCUT2D eigenvalue weighted by Crippen LogP contribution is 2.45. The van der Waals surface area contributed by atoms with Crippen LogP contribution in [0, 0.1) is 0 Å². The third-order valence-corrected chi connectivity index (χ3v) is 2.49. The van der Waals surface area contributed by atoms with Crippen molar-refractivity contribution in [2.24, 2.45) is 5.73 Å². The molecule has 0 aromatic heterocycles. The van der Waals surface area contributed by atoms with E-state index < -0.39 is 0 Å². The van der Waals surface area contributed by atoms with Gasteiger partial charge in [-0.05, 0) is 0 Å². The zero-order valence-electron chi connectivity index (χ0n) is 7.34. The van der Waals surface area contributed by atoms with Crippen LogP contribution in [0.15, 0.2) is 0 Å². The summed E-state index contributed by atoms with van der Waals surface area (Å²) in [5.41, 5.74) is 5.76. The molecule has 0 unspecified atom stereocenters. The summed E-state index contributed by atoms with van der Waals surface area (Å²) in [6, 6.07) is 0. The Balaban J connectivity index is 1.88. The SMILES string of the molecule is COCC1(N)CC2(C1)OCCO2. The highest BCUT2D eigenvalue weighted by molar-refractivity contribution is 5.06. The number of methoxy groups -OCH3 is 1. The molecule has 1 saturated heterocycles. The van der Waals surface area contributed by atoms with Gasteiger partial charge in [-0.25, -0.2) is 0 Å². The smallest absolute Gasteiger partial charge is 0.172 e. The van der Waals surface area contributed by atoms with Gasteiger partial charge in [-0.2, -0.15) is 0 Å². The van der Waals surface area contributed by atoms with E-state index in [9.17, 15) is 0 Å². The fraction of sp³-hybridized carbons (Fsp3) is 1.00. The molecule has 2 fully saturated rings. The Morgan fingerprint density at radius 3 is 2.42 bits per heavy atom. The summed E-state index contributed by atoms with van der Waals surface area (Å²) in [5.74, 6) is -0.354. The van der Waals surface area contributed by atoms with Crippen molar-refractivity contribution in [3.05, 3.63) is 0 Å². The molecule has 0 radical (unpaired) electrons. The molecule has 0 atom stereocenters. The van der Waals surface area contributed by atoms with Crippen LogP contribution < -0.4 is 5.73 Å². The second-order valence-electron chi connectivity index (χ2n) is 3.76. The van der Waals surface area contributed by atoms with E-state index in [1.165, 1.54) is 0 Å². The van der Waals surface area contributed by atoms with E-state index in [1.54, 1.807) is 7.11 Å². The van der Waals surface area contributed by atoms with E-state index in [4.69, 9.17) is 19.9 Å². The second-order valence-corrected chi connectivity index (χ2v) is 3.76. The molecule has 2 aliphatic rings. The molecule has 1 spiro atoms. The molecule has 70 valence electrons. The Morgan fingerprint density at radius 1 is 1.33 bits per heavy atom. The van der Waals surface area contributed by atoms with E-state index >= 15 is 0 Å². The minimum absolute atomic E-state index is 0.223. The van der Waals surface area contributed by atoms with Gasteiger partial charge < -0.3 is 19.9 Å². The Hall–Kier alpha value is -0.160. The lowest BCUT2D eigenvalue weighted by Gasteiger charge is -2.49. The van der Waals surface area contributed by atoms with Gasteiger partial charge >= 0.3 is 0 Å². The predicted molar refractivity (Wildman–Crippen MR) is 42.7 cm³/mol. The summed E-state index contributed by atoms with van der Waals surface area (Å²) >= 11 is 0. The fourth-order valence-corrected chi connectivity index (χ4v) is 2.11. The lowest BCUT2D eigenvalue weighted by atomic mass is 9.72. The van der Waals surface area contributed by atoms with Crippen LogP contribution >= 0.6 is 0 Å². The average molecular weight is 173 g/mol. The number of hydrogen-bond acceptors (Lipinski definition) is 4. The van der Waals surface area contributed by atoms with Crippen LogP contribution in [0.5, 0.6) is 0 Å². The highest BCUT2D eigenvalue weighted by Gasteiger charge is 2.56. The Bertz CT molecular complexity index is 169. The summed E-state index contributed by atoms with van der Waals surface area (Å²) in [6.45, 7) is 1.98. The van der Waals surface area contributed by atoms with Crippen molar-refractivity contribution in [2.75, 3.05) is 26.9 Å². The molecule has 1 heterocycles. The molecule has 1 aliphatic carbocycles. The maximum Gasteiger partial charge on any atom is 0.172 e. The normalized spacial score (nSPS) is 30.5. The molecule has 1 saturated carbocycles. The maximum absolute atomic E-state index is 5.98. The molecule has 4 nitrogen and oxygen atoms in total. The predicted octanol–water partition coefficient (Wildman–Crippen LogP) is -0.133. The summed E-state index contributed by atoms with van der Waals surface area (Å²) in [4.78, 5) is 0. The van der Waals surface area contributed by atoms with Gasteiger partial charge in [0.15, 0.2) is 5.79 Å². The fourth-order valence-electron chi connectivity index (χ4n) is 2.11. The standard InChI is InChI=1S/C8H15NO3/c1-10-6-7(9)4-8(5-7)11-2-3-12-8/h2-6,9H2,1H3. The Labute approximate surface area is 72.0 Å². The zero-order chi connectivity index (χ0) is 8.66. The number of nitrogens with two attached hydrogens (primary N) is 1. The van der Waals surface area contributed by atoms with Crippen molar-refractivity contribution in [3.63, 3.8) is 0 Å². The van der Waals surface area contributed by atoms with E-state index in [2.05, 4.69) is 0 Å². The summed E-state index contributed by atoms with van der Waals surface area (Å²) < 4.78 is 15.9. The van der Waals surface area contributed by atoms with Crippen molar-refractivity contribution in [1.29, 1.82) is 0 Å². The highest BCUT2D eigenvalue weighted by atomic mass is 16.7. The molecule has 0 bridgehead atoms. The van der Waals surface area contributed by atoms with Crippen LogP contribution in [0.25, 0.3) is 0 Å². The minimum Gasteiger partial charge on any atom is -0.383 e. The van der Waals surface area contributed by atoms with Gasteiger partial charge in [-0.3, -0.25) is 0 Å². The first-order chi connectivity index (χ1) is 5.68. The first kappa shape index (κ1) is 8.44. The molecular weight excluding hydrogens is 158 g/mol. The van der Waals surface area contributed by atoms with Gasteiger partial charge in [-0.15, -0.1) is 0 Å². The van der Waals surface area contributed by atoms with E-state index in [0.717, 1.165) is 12.8 Å². The van der Waals surface area contributed by atoms with Crippen molar-refractivity contribution in [1.82, 2.24) is 0 Å². The van der Waals surface area contributed by atoms with Crippen LogP contribution in [-0.4, -0.2) is 38.3 Å². The third-order valence-electron chi connectivity index (χ3n) is 2.49. The van der Waals surface area contributed by atoms with E-state index in [0.29, 0.717) is 19.8 Å². The van der Waals surface area contributed by atoms with Crippen LogP contribution in [0.2, 0.25) is 0 Å². The van der Waals surface area contributed by atoms with Gasteiger partial charge in [-0.1, -0.05) is 0 Å². The average Bonchev–Trinajstić information content (AvgIpc) is 2.35. The van der Waals surface area contributed by atoms with Gasteiger partial charge in [0, 0.05) is 25.5 Å². The van der Waals surface area contributed by atoms with Crippen molar-refractivity contribution < 1.29 is 14.2 Å². The number of rotatable bonds is 2. The largest absolute Gasteiger partial charge is 0.383 e. The van der Waals surface area contributed by atoms with Crippen LogP contribution in [-0.2, 0) is 14.2 Å². The molecule has 12 heavy (non-hydrogen) atoms. The van der Waals surface area contributed by atoms with Gasteiger partial charge in [0.1, 0.15) is 0 Å². The quantitative estimate of drug-likeness (QED) is 0.632. The molecule has 2 N–H and O–H groups in total. The summed E-state index contributed by atoms with van der Waals surface area (Å²) in [7, 11) is 1.66. The third kappa shape index (κ3) is 1.25. The monoisotopic (exact) mass is 173 g/mol. The Morgan fingerprint density at radius 2 is 1.92 bits per heavy atom. The van der Waals surface area contributed by atoms with Crippen LogP contribution in [0.1, 0.15) is 12.8 Å². The maximum atomic E-state index is 5.98. The van der Waals surface area contributed by atoms with E-state index in [1.807, 2.05) is 0 Å². The molecule has 0 amide bonds. The molecule has 2 rings (SSSR count). The van der Waals surface area contributed by atoms with Crippen molar-refractivity contribution in [3.8, 4) is 0 Å². The molecule has 0 aromatic carbocycles. The lowest BCUT2D eigenvalue weighted by Crippen LogP contribution is -2.64. The molecule has 1 aliphatic heterocycles. The second kappa shape index (κ2) is 2.67. The Kier molecular flexibility index (Phi) is 1.88. The minimum atomic E-state index is -0.354. The van der Waals surface area contributed by atoms with Crippen molar-refractivity contribution in [2.45, 2.75) is 24.2 Å². The number of hydrogen-bond donors (Lipinski definition) is 1. The summed E-state index contributed by atoms with van der Waals surface area (Å²) in [6.07, 6.45) is 1.52. The summed E-state index contributed by atoms with van der Waals surface area (Å²) in [5, 5.41) is 0. The van der Waals surface area contributed by atoms with E-state index in [-0.39, 0.29) is 11.3 Å². The first-order valence-corrected chi connectivity index (χ1v) is 4.24.